The van der Waals surface area contributed by atoms with Crippen LogP contribution in [0.3, 0.4) is 0 Å². The average Bonchev–Trinajstić information content (AvgIpc) is 2.49. The zero-order chi connectivity index (χ0) is 11.9. The zero-order valence-electron chi connectivity index (χ0n) is 10.1. The highest BCUT2D eigenvalue weighted by atomic mass is 16.5. The molecule has 0 spiro atoms. The van der Waals surface area contributed by atoms with Gasteiger partial charge in [-0.1, -0.05) is 25.7 Å². The monoisotopic (exact) mass is 229 g/mol. The van der Waals surface area contributed by atoms with Crippen LogP contribution in [0.2, 0.25) is 0 Å². The third-order valence-corrected chi connectivity index (χ3v) is 3.09. The summed E-state index contributed by atoms with van der Waals surface area (Å²) in [5, 5.41) is 13.0. The van der Waals surface area contributed by atoms with Gasteiger partial charge in [-0.2, -0.15) is 0 Å². The molecule has 1 aliphatic rings. The van der Waals surface area contributed by atoms with Crippen LogP contribution in [0.5, 0.6) is 0 Å². The number of hydrogen-bond donors (Lipinski definition) is 2. The van der Waals surface area contributed by atoms with E-state index in [-0.39, 0.29) is 12.5 Å². The van der Waals surface area contributed by atoms with Gasteiger partial charge in [0.05, 0.1) is 5.60 Å². The standard InChI is InChI=1S/C12H23NO3/c1-2-16-9-11(14)13-10-12(15)7-5-3-4-6-8-12/h15H,2-10H2,1H3,(H,13,14). The third-order valence-electron chi connectivity index (χ3n) is 3.09. The SMILES string of the molecule is CCOCC(=O)NCC1(O)CCCCCC1. The number of hydrogen-bond acceptors (Lipinski definition) is 3. The van der Waals surface area contributed by atoms with E-state index >= 15 is 0 Å². The molecule has 4 nitrogen and oxygen atoms in total. The average molecular weight is 229 g/mol. The molecule has 0 aromatic heterocycles. The first-order valence-electron chi connectivity index (χ1n) is 6.23. The van der Waals surface area contributed by atoms with Crippen LogP contribution in [0.15, 0.2) is 0 Å². The van der Waals surface area contributed by atoms with Crippen LogP contribution < -0.4 is 5.32 Å². The van der Waals surface area contributed by atoms with Crippen LogP contribution in [0.1, 0.15) is 45.4 Å². The lowest BCUT2D eigenvalue weighted by Crippen LogP contribution is -2.43. The van der Waals surface area contributed by atoms with Gasteiger partial charge in [0.2, 0.25) is 5.91 Å². The van der Waals surface area contributed by atoms with E-state index in [1.807, 2.05) is 6.92 Å². The topological polar surface area (TPSA) is 58.6 Å². The number of aliphatic hydroxyl groups is 1. The summed E-state index contributed by atoms with van der Waals surface area (Å²) in [5.74, 6) is -0.139. The Balaban J connectivity index is 2.25. The molecule has 0 unspecified atom stereocenters. The predicted octanol–water partition coefficient (Wildman–Crippen LogP) is 1.22. The molecule has 0 saturated heterocycles. The van der Waals surface area contributed by atoms with Crippen molar-refractivity contribution >= 4 is 5.91 Å². The summed E-state index contributed by atoms with van der Waals surface area (Å²) >= 11 is 0. The zero-order valence-corrected chi connectivity index (χ0v) is 10.1. The van der Waals surface area contributed by atoms with Gasteiger partial charge in [-0.05, 0) is 19.8 Å². The lowest BCUT2D eigenvalue weighted by molar-refractivity contribution is -0.126. The van der Waals surface area contributed by atoms with E-state index in [0.29, 0.717) is 13.2 Å². The molecule has 16 heavy (non-hydrogen) atoms. The molecule has 0 aromatic carbocycles. The fraction of sp³-hybridized carbons (Fsp3) is 0.917. The Hall–Kier alpha value is -0.610. The van der Waals surface area contributed by atoms with Gasteiger partial charge in [0, 0.05) is 13.2 Å². The minimum Gasteiger partial charge on any atom is -0.388 e. The molecule has 1 fully saturated rings. The molecule has 0 bridgehead atoms. The first-order chi connectivity index (χ1) is 7.66. The van der Waals surface area contributed by atoms with E-state index in [4.69, 9.17) is 4.74 Å². The second-order valence-corrected chi connectivity index (χ2v) is 4.55. The first kappa shape index (κ1) is 13.5. The van der Waals surface area contributed by atoms with E-state index in [1.54, 1.807) is 0 Å². The molecule has 0 heterocycles. The maximum absolute atomic E-state index is 11.3. The second kappa shape index (κ2) is 6.86. The van der Waals surface area contributed by atoms with E-state index in [1.165, 1.54) is 12.8 Å². The van der Waals surface area contributed by atoms with Crippen molar-refractivity contribution in [3.05, 3.63) is 0 Å². The molecule has 0 radical (unpaired) electrons. The van der Waals surface area contributed by atoms with Gasteiger partial charge in [-0.3, -0.25) is 4.79 Å². The summed E-state index contributed by atoms with van der Waals surface area (Å²) in [6, 6.07) is 0. The van der Waals surface area contributed by atoms with E-state index in [9.17, 15) is 9.90 Å². The van der Waals surface area contributed by atoms with E-state index in [2.05, 4.69) is 5.32 Å². The Bertz CT molecular complexity index is 210. The number of ether oxygens (including phenoxy) is 1. The second-order valence-electron chi connectivity index (χ2n) is 4.55. The summed E-state index contributed by atoms with van der Waals surface area (Å²) in [7, 11) is 0. The van der Waals surface area contributed by atoms with Crippen LogP contribution in [-0.2, 0) is 9.53 Å². The molecule has 94 valence electrons. The molecule has 1 rings (SSSR count). The predicted molar refractivity (Wildman–Crippen MR) is 62.2 cm³/mol. The minimum atomic E-state index is -0.696. The van der Waals surface area contributed by atoms with Crippen molar-refractivity contribution in [2.24, 2.45) is 0 Å². The van der Waals surface area contributed by atoms with E-state index in [0.717, 1.165) is 25.7 Å². The van der Waals surface area contributed by atoms with Gasteiger partial charge < -0.3 is 15.2 Å². The number of carbonyl (C=O) groups is 1. The number of carbonyl (C=O) groups excluding carboxylic acids is 1. The van der Waals surface area contributed by atoms with Gasteiger partial charge in [0.25, 0.3) is 0 Å². The summed E-state index contributed by atoms with van der Waals surface area (Å²) in [6.45, 7) is 2.84. The van der Waals surface area contributed by atoms with Crippen molar-refractivity contribution in [3.8, 4) is 0 Å². The highest BCUT2D eigenvalue weighted by Gasteiger charge is 2.28. The highest BCUT2D eigenvalue weighted by molar-refractivity contribution is 5.77. The molecular formula is C12H23NO3. The van der Waals surface area contributed by atoms with Crippen molar-refractivity contribution in [3.63, 3.8) is 0 Å². The Morgan fingerprint density at radius 2 is 1.94 bits per heavy atom. The number of amides is 1. The fourth-order valence-electron chi connectivity index (χ4n) is 2.07. The number of nitrogens with one attached hydrogen (secondary N) is 1. The fourth-order valence-corrected chi connectivity index (χ4v) is 2.07. The van der Waals surface area contributed by atoms with Crippen LogP contribution in [0.25, 0.3) is 0 Å². The van der Waals surface area contributed by atoms with Crippen LogP contribution in [0.4, 0.5) is 0 Å². The maximum atomic E-state index is 11.3. The minimum absolute atomic E-state index is 0.0899. The molecule has 1 saturated carbocycles. The summed E-state index contributed by atoms with van der Waals surface area (Å²) in [4.78, 5) is 11.3. The normalized spacial score (nSPS) is 20.1. The lowest BCUT2D eigenvalue weighted by Gasteiger charge is -2.26. The van der Waals surface area contributed by atoms with Crippen molar-refractivity contribution in [2.45, 2.75) is 51.0 Å². The number of rotatable bonds is 5. The van der Waals surface area contributed by atoms with Gasteiger partial charge >= 0.3 is 0 Å². The molecule has 0 atom stereocenters. The van der Waals surface area contributed by atoms with Crippen LogP contribution in [0, 0.1) is 0 Å². The van der Waals surface area contributed by atoms with E-state index < -0.39 is 5.60 Å². The molecule has 0 aliphatic heterocycles. The molecule has 1 amide bonds. The van der Waals surface area contributed by atoms with Crippen molar-refractivity contribution in [1.29, 1.82) is 0 Å². The molecule has 2 N–H and O–H groups in total. The van der Waals surface area contributed by atoms with Crippen LogP contribution in [-0.4, -0.2) is 36.4 Å². The Morgan fingerprint density at radius 3 is 2.50 bits per heavy atom. The van der Waals surface area contributed by atoms with Crippen LogP contribution >= 0.6 is 0 Å². The molecule has 0 aromatic rings. The quantitative estimate of drug-likeness (QED) is 0.697. The van der Waals surface area contributed by atoms with Gasteiger partial charge in [0.1, 0.15) is 6.61 Å². The molecular weight excluding hydrogens is 206 g/mol. The Labute approximate surface area is 97.4 Å². The van der Waals surface area contributed by atoms with Crippen molar-refractivity contribution < 1.29 is 14.6 Å². The van der Waals surface area contributed by atoms with Gasteiger partial charge in [0.15, 0.2) is 0 Å². The molecule has 1 aliphatic carbocycles. The Morgan fingerprint density at radius 1 is 1.31 bits per heavy atom. The van der Waals surface area contributed by atoms with Crippen molar-refractivity contribution in [2.75, 3.05) is 19.8 Å². The summed E-state index contributed by atoms with van der Waals surface area (Å²) in [6.07, 6.45) is 6.07. The summed E-state index contributed by atoms with van der Waals surface area (Å²) in [5.41, 5.74) is -0.696. The van der Waals surface area contributed by atoms with Gasteiger partial charge in [-0.15, -0.1) is 0 Å². The molecule has 4 heteroatoms. The third kappa shape index (κ3) is 4.94. The first-order valence-corrected chi connectivity index (χ1v) is 6.23. The smallest absolute Gasteiger partial charge is 0.246 e. The lowest BCUT2D eigenvalue weighted by atomic mass is 9.94. The maximum Gasteiger partial charge on any atom is 0.246 e. The summed E-state index contributed by atoms with van der Waals surface area (Å²) < 4.78 is 5.00. The van der Waals surface area contributed by atoms with Gasteiger partial charge in [-0.25, -0.2) is 0 Å². The Kier molecular flexibility index (Phi) is 5.77. The highest BCUT2D eigenvalue weighted by Crippen LogP contribution is 2.26. The largest absolute Gasteiger partial charge is 0.388 e. The van der Waals surface area contributed by atoms with Crippen molar-refractivity contribution in [1.82, 2.24) is 5.32 Å².